The zero-order valence-corrected chi connectivity index (χ0v) is 5.78. The fourth-order valence-corrected chi connectivity index (χ4v) is 1.11. The smallest absolute Gasteiger partial charge is 0.144 e. The summed E-state index contributed by atoms with van der Waals surface area (Å²) < 4.78 is 0. The SMILES string of the molecule is N#CC1=NCc2ncccc21. The number of fused-ring (bicyclic) bond motifs is 1. The van der Waals surface area contributed by atoms with Crippen molar-refractivity contribution in [2.75, 3.05) is 0 Å². The highest BCUT2D eigenvalue weighted by molar-refractivity contribution is 6.13. The van der Waals surface area contributed by atoms with Gasteiger partial charge < -0.3 is 0 Å². The minimum Gasteiger partial charge on any atom is -0.267 e. The molecule has 0 N–H and O–H groups in total. The Balaban J connectivity index is 2.58. The zero-order chi connectivity index (χ0) is 7.68. The van der Waals surface area contributed by atoms with Crippen LogP contribution in [-0.4, -0.2) is 10.7 Å². The van der Waals surface area contributed by atoms with Crippen LogP contribution in [0, 0.1) is 11.3 Å². The van der Waals surface area contributed by atoms with Gasteiger partial charge in [-0.3, -0.25) is 9.98 Å². The van der Waals surface area contributed by atoms with Crippen LogP contribution in [0.1, 0.15) is 11.3 Å². The van der Waals surface area contributed by atoms with Gasteiger partial charge >= 0.3 is 0 Å². The summed E-state index contributed by atoms with van der Waals surface area (Å²) in [6.45, 7) is 0.555. The fourth-order valence-electron chi connectivity index (χ4n) is 1.11. The van der Waals surface area contributed by atoms with Crippen LogP contribution in [0.2, 0.25) is 0 Å². The van der Waals surface area contributed by atoms with Gasteiger partial charge in [0.05, 0.1) is 12.2 Å². The van der Waals surface area contributed by atoms with Crippen molar-refractivity contribution in [1.29, 1.82) is 5.26 Å². The Bertz CT molecular complexity index is 360. The average molecular weight is 143 g/mol. The minimum absolute atomic E-state index is 0.508. The Labute approximate surface area is 64.0 Å². The maximum atomic E-state index is 8.60. The maximum absolute atomic E-state index is 8.60. The highest BCUT2D eigenvalue weighted by atomic mass is 14.8. The number of aliphatic imine (C=N–C) groups is 1. The molecule has 2 heterocycles. The molecule has 0 atom stereocenters. The van der Waals surface area contributed by atoms with Crippen LogP contribution >= 0.6 is 0 Å². The van der Waals surface area contributed by atoms with E-state index in [1.54, 1.807) is 6.20 Å². The number of hydrogen-bond donors (Lipinski definition) is 0. The van der Waals surface area contributed by atoms with Crippen LogP contribution in [0.5, 0.6) is 0 Å². The molecule has 1 aromatic heterocycles. The molecule has 0 bridgehead atoms. The molecule has 2 rings (SSSR count). The first-order valence-electron chi connectivity index (χ1n) is 3.30. The van der Waals surface area contributed by atoms with Crippen LogP contribution in [0.4, 0.5) is 0 Å². The van der Waals surface area contributed by atoms with Crippen molar-refractivity contribution in [3.63, 3.8) is 0 Å². The van der Waals surface area contributed by atoms with E-state index in [4.69, 9.17) is 5.26 Å². The highest BCUT2D eigenvalue weighted by Gasteiger charge is 2.14. The Morgan fingerprint density at radius 2 is 2.45 bits per heavy atom. The quantitative estimate of drug-likeness (QED) is 0.542. The number of rotatable bonds is 0. The van der Waals surface area contributed by atoms with Gasteiger partial charge in [0.1, 0.15) is 11.8 Å². The Kier molecular flexibility index (Phi) is 1.19. The topological polar surface area (TPSA) is 49.0 Å². The molecule has 1 aliphatic heterocycles. The van der Waals surface area contributed by atoms with Crippen molar-refractivity contribution in [2.24, 2.45) is 4.99 Å². The van der Waals surface area contributed by atoms with Gasteiger partial charge in [-0.05, 0) is 12.1 Å². The maximum Gasteiger partial charge on any atom is 0.144 e. The molecule has 0 radical (unpaired) electrons. The highest BCUT2D eigenvalue weighted by Crippen LogP contribution is 2.14. The van der Waals surface area contributed by atoms with Gasteiger partial charge in [0.15, 0.2) is 0 Å². The standard InChI is InChI=1S/C8H5N3/c9-4-7-6-2-1-3-10-8(6)5-11-7/h1-3H,5H2. The van der Waals surface area contributed by atoms with Crippen molar-refractivity contribution in [3.05, 3.63) is 29.6 Å². The second kappa shape index (κ2) is 2.17. The van der Waals surface area contributed by atoms with E-state index in [-0.39, 0.29) is 0 Å². The number of nitriles is 1. The summed E-state index contributed by atoms with van der Waals surface area (Å²) in [6.07, 6.45) is 1.72. The Morgan fingerprint density at radius 1 is 1.55 bits per heavy atom. The summed E-state index contributed by atoms with van der Waals surface area (Å²) in [5, 5.41) is 8.60. The molecule has 0 aliphatic carbocycles. The average Bonchev–Trinajstić information content (AvgIpc) is 2.47. The number of hydrogen-bond acceptors (Lipinski definition) is 3. The normalized spacial score (nSPS) is 13.5. The zero-order valence-electron chi connectivity index (χ0n) is 5.78. The first-order chi connectivity index (χ1) is 5.42. The lowest BCUT2D eigenvalue weighted by Crippen LogP contribution is -1.94. The van der Waals surface area contributed by atoms with Crippen LogP contribution < -0.4 is 0 Å². The van der Waals surface area contributed by atoms with Crippen molar-refractivity contribution in [3.8, 4) is 6.07 Å². The van der Waals surface area contributed by atoms with E-state index in [0.717, 1.165) is 11.3 Å². The molecule has 3 heteroatoms. The van der Waals surface area contributed by atoms with E-state index in [0.29, 0.717) is 12.3 Å². The molecular weight excluding hydrogens is 138 g/mol. The van der Waals surface area contributed by atoms with Crippen LogP contribution in [0.3, 0.4) is 0 Å². The van der Waals surface area contributed by atoms with E-state index >= 15 is 0 Å². The summed E-state index contributed by atoms with van der Waals surface area (Å²) in [5.41, 5.74) is 2.30. The molecule has 0 unspecified atom stereocenters. The molecule has 1 aromatic rings. The Hall–Kier alpha value is -1.69. The van der Waals surface area contributed by atoms with Gasteiger partial charge in [-0.2, -0.15) is 5.26 Å². The molecule has 52 valence electrons. The third kappa shape index (κ3) is 0.802. The van der Waals surface area contributed by atoms with Gasteiger partial charge in [0.2, 0.25) is 0 Å². The van der Waals surface area contributed by atoms with Crippen molar-refractivity contribution in [2.45, 2.75) is 6.54 Å². The van der Waals surface area contributed by atoms with E-state index in [1.165, 1.54) is 0 Å². The van der Waals surface area contributed by atoms with Gasteiger partial charge in [0, 0.05) is 11.8 Å². The van der Waals surface area contributed by atoms with Crippen molar-refractivity contribution >= 4 is 5.71 Å². The lowest BCUT2D eigenvalue weighted by atomic mass is 10.1. The Morgan fingerprint density at radius 3 is 3.27 bits per heavy atom. The first kappa shape index (κ1) is 6.05. The van der Waals surface area contributed by atoms with Crippen LogP contribution in [-0.2, 0) is 6.54 Å². The van der Waals surface area contributed by atoms with E-state index in [9.17, 15) is 0 Å². The van der Waals surface area contributed by atoms with Gasteiger partial charge in [0.25, 0.3) is 0 Å². The van der Waals surface area contributed by atoms with Gasteiger partial charge in [-0.15, -0.1) is 0 Å². The second-order valence-electron chi connectivity index (χ2n) is 2.27. The van der Waals surface area contributed by atoms with Gasteiger partial charge in [-0.25, -0.2) is 0 Å². The summed E-state index contributed by atoms with van der Waals surface area (Å²) in [5.74, 6) is 0. The summed E-state index contributed by atoms with van der Waals surface area (Å²) in [4.78, 5) is 8.11. The summed E-state index contributed by atoms with van der Waals surface area (Å²) in [7, 11) is 0. The number of nitrogens with zero attached hydrogens (tertiary/aromatic N) is 3. The molecule has 1 aliphatic rings. The molecule has 0 spiro atoms. The lowest BCUT2D eigenvalue weighted by Gasteiger charge is -1.92. The molecule has 0 saturated heterocycles. The third-order valence-electron chi connectivity index (χ3n) is 1.64. The molecule has 3 nitrogen and oxygen atoms in total. The summed E-state index contributed by atoms with van der Waals surface area (Å²) >= 11 is 0. The predicted octanol–water partition coefficient (Wildman–Crippen LogP) is 0.908. The molecule has 0 aromatic carbocycles. The molecular formula is C8H5N3. The minimum atomic E-state index is 0.508. The molecule has 0 amide bonds. The molecule has 0 saturated carbocycles. The second-order valence-corrected chi connectivity index (χ2v) is 2.27. The molecule has 11 heavy (non-hydrogen) atoms. The van der Waals surface area contributed by atoms with Crippen molar-refractivity contribution in [1.82, 2.24) is 4.98 Å². The van der Waals surface area contributed by atoms with Crippen molar-refractivity contribution < 1.29 is 0 Å². The lowest BCUT2D eigenvalue weighted by molar-refractivity contribution is 1.02. The molecule has 0 fully saturated rings. The first-order valence-corrected chi connectivity index (χ1v) is 3.30. The summed E-state index contributed by atoms with van der Waals surface area (Å²) in [6, 6.07) is 5.72. The van der Waals surface area contributed by atoms with E-state index in [1.807, 2.05) is 18.2 Å². The third-order valence-corrected chi connectivity index (χ3v) is 1.64. The van der Waals surface area contributed by atoms with Crippen LogP contribution in [0.15, 0.2) is 23.3 Å². The van der Waals surface area contributed by atoms with Gasteiger partial charge in [-0.1, -0.05) is 0 Å². The monoisotopic (exact) mass is 143 g/mol. The van der Waals surface area contributed by atoms with E-state index in [2.05, 4.69) is 9.98 Å². The number of pyridine rings is 1. The fraction of sp³-hybridized carbons (Fsp3) is 0.125. The predicted molar refractivity (Wildman–Crippen MR) is 40.1 cm³/mol. The van der Waals surface area contributed by atoms with E-state index < -0.39 is 0 Å². The number of aromatic nitrogens is 1. The van der Waals surface area contributed by atoms with Crippen LogP contribution in [0.25, 0.3) is 0 Å². The largest absolute Gasteiger partial charge is 0.267 e.